The van der Waals surface area contributed by atoms with Gasteiger partial charge in [0.2, 0.25) is 5.69 Å². The monoisotopic (exact) mass is 719 g/mol. The van der Waals surface area contributed by atoms with E-state index < -0.39 is 0 Å². The van der Waals surface area contributed by atoms with Crippen LogP contribution in [0.1, 0.15) is 44.4 Å². The van der Waals surface area contributed by atoms with Crippen molar-refractivity contribution in [1.82, 2.24) is 4.98 Å². The minimum atomic E-state index is 0. The van der Waals surface area contributed by atoms with E-state index in [1.54, 1.807) is 0 Å². The van der Waals surface area contributed by atoms with Gasteiger partial charge in [0.05, 0.1) is 0 Å². The predicted molar refractivity (Wildman–Crippen MR) is 169 cm³/mol. The van der Waals surface area contributed by atoms with Crippen LogP contribution in [0.15, 0.2) is 109 Å². The average molecular weight is 719 g/mol. The smallest absolute Gasteiger partial charge is 0.212 e. The Kier molecular flexibility index (Phi) is 12.2. The number of aromatic nitrogens is 2. The first-order valence-electron chi connectivity index (χ1n) is 14.4. The first kappa shape index (κ1) is 32.1. The molecule has 1 radical (unpaired) electrons. The van der Waals surface area contributed by atoms with Crippen molar-refractivity contribution in [2.24, 2.45) is 18.9 Å². The van der Waals surface area contributed by atoms with Gasteiger partial charge in [0.25, 0.3) is 0 Å². The van der Waals surface area contributed by atoms with E-state index in [2.05, 4.69) is 136 Å². The van der Waals surface area contributed by atoms with E-state index in [1.165, 1.54) is 39.1 Å². The molecule has 213 valence electrons. The van der Waals surface area contributed by atoms with Crippen molar-refractivity contribution in [1.29, 1.82) is 0 Å². The first-order valence-corrected chi connectivity index (χ1v) is 14.4. The molecule has 3 aromatic carbocycles. The largest absolute Gasteiger partial charge is 0.305 e. The number of benzene rings is 3. The van der Waals surface area contributed by atoms with Crippen molar-refractivity contribution in [3.63, 3.8) is 0 Å². The zero-order valence-corrected chi connectivity index (χ0v) is 27.6. The maximum atomic E-state index is 4.39. The van der Waals surface area contributed by atoms with Crippen LogP contribution >= 0.6 is 0 Å². The van der Waals surface area contributed by atoms with Crippen LogP contribution in [0.3, 0.4) is 0 Å². The molecule has 0 unspecified atom stereocenters. The van der Waals surface area contributed by atoms with E-state index in [4.69, 9.17) is 0 Å². The zero-order chi connectivity index (χ0) is 28.5. The van der Waals surface area contributed by atoms with E-state index in [1.807, 2.05) is 30.5 Å². The van der Waals surface area contributed by atoms with Gasteiger partial charge in [0.15, 0.2) is 6.20 Å². The molecular formula is C38H42IrN2. The normalized spacial score (nSPS) is 10.6. The summed E-state index contributed by atoms with van der Waals surface area (Å²) in [5.41, 5.74) is 11.3. The topological polar surface area (TPSA) is 16.8 Å². The van der Waals surface area contributed by atoms with Crippen molar-refractivity contribution >= 4 is 0 Å². The van der Waals surface area contributed by atoms with Gasteiger partial charge in [0.1, 0.15) is 7.05 Å². The standard InChI is InChI=1S/C23H26N.C15H16N.Ir/c1-17(2)14-19-12-13-24(4)23(15-19)22-16-21(11-10-18(22)3)20-8-6-5-7-9-20;1-12(2)10-13-8-9-16-15(11-13)14-6-4-3-5-7-14;/h5-13,15-17H,14H2,1-4H3;3-6,8-9,11-12H,10H2,1-2H3;/q+1;-1;. The second kappa shape index (κ2) is 15.6. The van der Waals surface area contributed by atoms with Gasteiger partial charge < -0.3 is 4.98 Å². The molecule has 5 aromatic rings. The van der Waals surface area contributed by atoms with Crippen molar-refractivity contribution < 1.29 is 24.7 Å². The molecule has 0 atom stereocenters. The summed E-state index contributed by atoms with van der Waals surface area (Å²) >= 11 is 0. The van der Waals surface area contributed by atoms with Gasteiger partial charge in [0, 0.05) is 44.0 Å². The number of hydrogen-bond donors (Lipinski definition) is 0. The average Bonchev–Trinajstić information content (AvgIpc) is 2.95. The second-order valence-corrected chi connectivity index (χ2v) is 11.4. The third-order valence-electron chi connectivity index (χ3n) is 6.93. The fourth-order valence-corrected chi connectivity index (χ4v) is 4.96. The molecule has 0 N–H and O–H groups in total. The minimum Gasteiger partial charge on any atom is -0.305 e. The second-order valence-electron chi connectivity index (χ2n) is 11.4. The molecule has 0 saturated heterocycles. The molecule has 0 aliphatic carbocycles. The van der Waals surface area contributed by atoms with Crippen molar-refractivity contribution in [3.8, 4) is 33.6 Å². The van der Waals surface area contributed by atoms with Gasteiger partial charge >= 0.3 is 0 Å². The Balaban J connectivity index is 0.000000238. The molecular weight excluding hydrogens is 677 g/mol. The summed E-state index contributed by atoms with van der Waals surface area (Å²) in [6.07, 6.45) is 6.28. The van der Waals surface area contributed by atoms with E-state index in [9.17, 15) is 0 Å². The van der Waals surface area contributed by atoms with E-state index >= 15 is 0 Å². The van der Waals surface area contributed by atoms with Gasteiger partial charge in [-0.1, -0.05) is 81.8 Å². The van der Waals surface area contributed by atoms with Crippen LogP contribution in [-0.2, 0) is 40.0 Å². The number of pyridine rings is 2. The fourth-order valence-electron chi connectivity index (χ4n) is 4.96. The van der Waals surface area contributed by atoms with Crippen LogP contribution in [0, 0.1) is 24.8 Å². The summed E-state index contributed by atoms with van der Waals surface area (Å²) in [4.78, 5) is 4.39. The van der Waals surface area contributed by atoms with Gasteiger partial charge in [-0.05, 0) is 71.7 Å². The third-order valence-corrected chi connectivity index (χ3v) is 6.93. The molecule has 3 heteroatoms. The number of rotatable bonds is 7. The molecule has 2 nitrogen and oxygen atoms in total. The third kappa shape index (κ3) is 9.32. The Morgan fingerprint density at radius 1 is 0.732 bits per heavy atom. The molecule has 0 aliphatic heterocycles. The minimum absolute atomic E-state index is 0. The maximum Gasteiger partial charge on any atom is 0.212 e. The number of nitrogens with zero attached hydrogens (tertiary/aromatic N) is 2. The molecule has 0 amide bonds. The summed E-state index contributed by atoms with van der Waals surface area (Å²) in [5.74, 6) is 1.34. The summed E-state index contributed by atoms with van der Waals surface area (Å²) in [7, 11) is 2.13. The fraction of sp³-hybridized carbons (Fsp3) is 0.263. The Hall–Kier alpha value is -3.39. The van der Waals surface area contributed by atoms with Gasteiger partial charge in [-0.2, -0.15) is 0 Å². The molecule has 2 heterocycles. The van der Waals surface area contributed by atoms with Crippen molar-refractivity contribution in [2.45, 2.75) is 47.5 Å². The molecule has 0 fully saturated rings. The molecule has 2 aromatic heterocycles. The van der Waals surface area contributed by atoms with E-state index in [0.29, 0.717) is 11.8 Å². The Labute approximate surface area is 260 Å². The summed E-state index contributed by atoms with van der Waals surface area (Å²) in [5, 5.41) is 0. The van der Waals surface area contributed by atoms with Crippen molar-refractivity contribution in [2.75, 3.05) is 0 Å². The molecule has 0 saturated carbocycles. The Morgan fingerprint density at radius 3 is 2.07 bits per heavy atom. The van der Waals surface area contributed by atoms with Crippen LogP contribution in [0.5, 0.6) is 0 Å². The zero-order valence-electron chi connectivity index (χ0n) is 25.2. The van der Waals surface area contributed by atoms with Gasteiger partial charge in [-0.3, -0.25) is 0 Å². The molecule has 41 heavy (non-hydrogen) atoms. The number of aryl methyl sites for hydroxylation is 2. The molecule has 0 spiro atoms. The molecule has 0 bridgehead atoms. The van der Waals surface area contributed by atoms with Crippen LogP contribution in [-0.4, -0.2) is 4.98 Å². The van der Waals surface area contributed by atoms with E-state index in [0.717, 1.165) is 24.1 Å². The van der Waals surface area contributed by atoms with Crippen LogP contribution in [0.2, 0.25) is 0 Å². The summed E-state index contributed by atoms with van der Waals surface area (Å²) in [6.45, 7) is 11.2. The van der Waals surface area contributed by atoms with Crippen LogP contribution in [0.25, 0.3) is 33.6 Å². The maximum absolute atomic E-state index is 4.39. The van der Waals surface area contributed by atoms with Gasteiger partial charge in [-0.15, -0.1) is 35.9 Å². The predicted octanol–water partition coefficient (Wildman–Crippen LogP) is 9.10. The van der Waals surface area contributed by atoms with E-state index in [-0.39, 0.29) is 20.1 Å². The SMILES string of the molecule is CC(C)Cc1ccnc(-c2[c-]cccc2)c1.Cc1ccc(-c2ccccc2)cc1-c1cc(CC(C)C)cc[n+]1C.[Ir]. The first-order chi connectivity index (χ1) is 19.3. The van der Waals surface area contributed by atoms with Gasteiger partial charge in [-0.25, -0.2) is 4.57 Å². The molecule has 0 aliphatic rings. The Bertz CT molecular complexity index is 1510. The number of hydrogen-bond acceptors (Lipinski definition) is 1. The molecule has 5 rings (SSSR count). The van der Waals surface area contributed by atoms with Crippen LogP contribution < -0.4 is 4.57 Å². The summed E-state index contributed by atoms with van der Waals surface area (Å²) < 4.78 is 2.22. The quantitative estimate of drug-likeness (QED) is 0.121. The van der Waals surface area contributed by atoms with Crippen LogP contribution in [0.4, 0.5) is 0 Å². The Morgan fingerprint density at radius 2 is 1.41 bits per heavy atom. The van der Waals surface area contributed by atoms with Crippen molar-refractivity contribution in [3.05, 3.63) is 132 Å². The summed E-state index contributed by atoms with van der Waals surface area (Å²) in [6, 6.07) is 37.3.